The Bertz CT molecular complexity index is 853. The van der Waals surface area contributed by atoms with Gasteiger partial charge >= 0.3 is 12.1 Å². The van der Waals surface area contributed by atoms with Crippen molar-refractivity contribution in [3.8, 4) is 17.2 Å². The normalized spacial score (nSPS) is 10.5. The maximum atomic E-state index is 15.0. The maximum absolute atomic E-state index is 15.0. The Kier molecular flexibility index (Phi) is 11.1. The molecular weight excluding hydrogens is 415 g/mol. The number of unbranched alkanes of at least 4 members (excludes halogenated alkanes) is 7. The molecule has 0 saturated carbocycles. The molecule has 0 aliphatic rings. The summed E-state index contributed by atoms with van der Waals surface area (Å²) in [5, 5.41) is 0. The molecule has 0 aliphatic heterocycles. The SMILES string of the molecule is CCCCCCCCCCOc1c(C(=O)Oc2ccccc2)ccc(OC(=O)OC)c1F. The van der Waals surface area contributed by atoms with Gasteiger partial charge < -0.3 is 18.9 Å². The molecule has 32 heavy (non-hydrogen) atoms. The van der Waals surface area contributed by atoms with Crippen molar-refractivity contribution in [2.45, 2.75) is 58.3 Å². The first kappa shape index (κ1) is 25.2. The van der Waals surface area contributed by atoms with E-state index in [1.807, 2.05) is 0 Å². The zero-order valence-electron chi connectivity index (χ0n) is 18.7. The molecule has 0 heterocycles. The van der Waals surface area contributed by atoms with Crippen molar-refractivity contribution >= 4 is 12.1 Å². The largest absolute Gasteiger partial charge is 0.513 e. The van der Waals surface area contributed by atoms with Gasteiger partial charge in [0.25, 0.3) is 0 Å². The van der Waals surface area contributed by atoms with Crippen LogP contribution in [0.2, 0.25) is 0 Å². The number of ether oxygens (including phenoxy) is 4. The zero-order valence-corrected chi connectivity index (χ0v) is 18.7. The molecule has 0 aliphatic carbocycles. The molecule has 0 N–H and O–H groups in total. The molecule has 0 aromatic heterocycles. The topological polar surface area (TPSA) is 71.1 Å². The predicted octanol–water partition coefficient (Wildman–Crippen LogP) is 6.71. The molecular formula is C25H31FO6. The number of rotatable bonds is 13. The van der Waals surface area contributed by atoms with Gasteiger partial charge in [-0.2, -0.15) is 4.39 Å². The first-order chi connectivity index (χ1) is 15.6. The number of esters is 1. The van der Waals surface area contributed by atoms with E-state index in [-0.39, 0.29) is 23.7 Å². The molecule has 0 saturated heterocycles. The molecule has 2 rings (SSSR count). The second-order valence-corrected chi connectivity index (χ2v) is 7.34. The third-order valence-corrected chi connectivity index (χ3v) is 4.84. The van der Waals surface area contributed by atoms with Crippen LogP contribution in [0.4, 0.5) is 9.18 Å². The van der Waals surface area contributed by atoms with Gasteiger partial charge in [0.15, 0.2) is 11.5 Å². The van der Waals surface area contributed by atoms with Crippen LogP contribution >= 0.6 is 0 Å². The zero-order chi connectivity index (χ0) is 23.2. The lowest BCUT2D eigenvalue weighted by molar-refractivity contribution is 0.0729. The van der Waals surface area contributed by atoms with Crippen molar-refractivity contribution in [1.82, 2.24) is 0 Å². The van der Waals surface area contributed by atoms with Gasteiger partial charge in [0, 0.05) is 0 Å². The second kappa shape index (κ2) is 14.1. The summed E-state index contributed by atoms with van der Waals surface area (Å²) in [4.78, 5) is 24.0. The van der Waals surface area contributed by atoms with E-state index in [2.05, 4.69) is 11.7 Å². The van der Waals surface area contributed by atoms with Crippen molar-refractivity contribution < 1.29 is 32.9 Å². The van der Waals surface area contributed by atoms with E-state index in [0.29, 0.717) is 12.2 Å². The minimum absolute atomic E-state index is 0.0943. The average Bonchev–Trinajstić information content (AvgIpc) is 2.80. The quantitative estimate of drug-likeness (QED) is 0.147. The van der Waals surface area contributed by atoms with E-state index in [4.69, 9.17) is 14.2 Å². The Morgan fingerprint density at radius 3 is 2.16 bits per heavy atom. The fraction of sp³-hybridized carbons (Fsp3) is 0.440. The first-order valence-electron chi connectivity index (χ1n) is 11.0. The predicted molar refractivity (Wildman–Crippen MR) is 119 cm³/mol. The van der Waals surface area contributed by atoms with E-state index in [1.165, 1.54) is 31.7 Å². The van der Waals surface area contributed by atoms with Crippen molar-refractivity contribution in [3.63, 3.8) is 0 Å². The third-order valence-electron chi connectivity index (χ3n) is 4.84. The van der Waals surface area contributed by atoms with E-state index < -0.39 is 17.9 Å². The molecule has 2 aromatic carbocycles. The molecule has 0 amide bonds. The maximum Gasteiger partial charge on any atom is 0.513 e. The number of hydrogen-bond acceptors (Lipinski definition) is 6. The highest BCUT2D eigenvalue weighted by molar-refractivity contribution is 5.94. The fourth-order valence-corrected chi connectivity index (χ4v) is 3.11. The van der Waals surface area contributed by atoms with Crippen LogP contribution < -0.4 is 14.2 Å². The van der Waals surface area contributed by atoms with Gasteiger partial charge in [-0.1, -0.05) is 70.1 Å². The molecule has 2 aromatic rings. The van der Waals surface area contributed by atoms with Gasteiger partial charge in [-0.05, 0) is 30.7 Å². The Labute approximate surface area is 188 Å². The summed E-state index contributed by atoms with van der Waals surface area (Å²) in [5.74, 6) is -2.11. The monoisotopic (exact) mass is 446 g/mol. The van der Waals surface area contributed by atoms with Crippen molar-refractivity contribution in [3.05, 3.63) is 53.8 Å². The number of carbonyl (C=O) groups excluding carboxylic acids is 2. The summed E-state index contributed by atoms with van der Waals surface area (Å²) in [7, 11) is 1.12. The number of carbonyl (C=O) groups is 2. The van der Waals surface area contributed by atoms with E-state index >= 15 is 4.39 Å². The third kappa shape index (κ3) is 8.21. The number of methoxy groups -OCH3 is 1. The minimum Gasteiger partial charge on any atom is -0.489 e. The Balaban J connectivity index is 2.04. The Morgan fingerprint density at radius 1 is 0.844 bits per heavy atom. The van der Waals surface area contributed by atoms with Gasteiger partial charge in [0.05, 0.1) is 13.7 Å². The second-order valence-electron chi connectivity index (χ2n) is 7.34. The van der Waals surface area contributed by atoms with Crippen molar-refractivity contribution in [2.75, 3.05) is 13.7 Å². The van der Waals surface area contributed by atoms with Gasteiger partial charge in [-0.25, -0.2) is 9.59 Å². The van der Waals surface area contributed by atoms with Crippen LogP contribution in [0.1, 0.15) is 68.6 Å². The van der Waals surface area contributed by atoms with E-state index in [0.717, 1.165) is 32.4 Å². The number of hydrogen-bond donors (Lipinski definition) is 0. The van der Waals surface area contributed by atoms with Crippen molar-refractivity contribution in [2.24, 2.45) is 0 Å². The lowest BCUT2D eigenvalue weighted by atomic mass is 10.1. The van der Waals surface area contributed by atoms with Crippen LogP contribution in [0.15, 0.2) is 42.5 Å². The summed E-state index contributed by atoms with van der Waals surface area (Å²) in [5.41, 5.74) is -0.0943. The summed E-state index contributed by atoms with van der Waals surface area (Å²) in [6.07, 6.45) is 7.75. The van der Waals surface area contributed by atoms with Gasteiger partial charge in [-0.15, -0.1) is 0 Å². The van der Waals surface area contributed by atoms with Crippen LogP contribution in [0.25, 0.3) is 0 Å². The smallest absolute Gasteiger partial charge is 0.489 e. The van der Waals surface area contributed by atoms with Gasteiger partial charge in [0.2, 0.25) is 5.82 Å². The molecule has 7 heteroatoms. The molecule has 6 nitrogen and oxygen atoms in total. The summed E-state index contributed by atoms with van der Waals surface area (Å²) in [6.45, 7) is 2.41. The highest BCUT2D eigenvalue weighted by atomic mass is 19.1. The standard InChI is InChI=1S/C25H31FO6/c1-3-4-5-6-7-8-9-13-18-30-23-20(24(27)31-19-14-11-10-12-15-19)16-17-21(22(23)26)32-25(28)29-2/h10-12,14-17H,3-9,13,18H2,1-2H3. The lowest BCUT2D eigenvalue weighted by Crippen LogP contribution is -2.14. The molecule has 0 bridgehead atoms. The molecule has 0 unspecified atom stereocenters. The highest BCUT2D eigenvalue weighted by Crippen LogP contribution is 2.32. The lowest BCUT2D eigenvalue weighted by Gasteiger charge is -2.14. The van der Waals surface area contributed by atoms with Crippen LogP contribution in [0.5, 0.6) is 17.2 Å². The fourth-order valence-electron chi connectivity index (χ4n) is 3.11. The molecule has 0 fully saturated rings. The van der Waals surface area contributed by atoms with Crippen LogP contribution in [0.3, 0.4) is 0 Å². The summed E-state index contributed by atoms with van der Waals surface area (Å²) >= 11 is 0. The van der Waals surface area contributed by atoms with E-state index in [1.54, 1.807) is 30.3 Å². The average molecular weight is 447 g/mol. The van der Waals surface area contributed by atoms with Crippen molar-refractivity contribution in [1.29, 1.82) is 0 Å². The van der Waals surface area contributed by atoms with Crippen LogP contribution in [0, 0.1) is 5.82 Å². The molecule has 0 spiro atoms. The molecule has 174 valence electrons. The number of para-hydroxylation sites is 1. The van der Waals surface area contributed by atoms with Crippen LogP contribution in [-0.2, 0) is 4.74 Å². The Morgan fingerprint density at radius 2 is 1.50 bits per heavy atom. The Hall–Kier alpha value is -3.09. The number of benzene rings is 2. The highest BCUT2D eigenvalue weighted by Gasteiger charge is 2.24. The summed E-state index contributed by atoms with van der Waals surface area (Å²) in [6, 6.07) is 10.9. The minimum atomic E-state index is -1.07. The van der Waals surface area contributed by atoms with Crippen LogP contribution in [-0.4, -0.2) is 25.8 Å². The molecule has 0 radical (unpaired) electrons. The van der Waals surface area contributed by atoms with E-state index in [9.17, 15) is 9.59 Å². The number of halogens is 1. The molecule has 0 atom stereocenters. The summed E-state index contributed by atoms with van der Waals surface area (Å²) < 4.78 is 35.2. The van der Waals surface area contributed by atoms with Gasteiger partial charge in [-0.3, -0.25) is 0 Å². The van der Waals surface area contributed by atoms with Gasteiger partial charge in [0.1, 0.15) is 11.3 Å². The first-order valence-corrected chi connectivity index (χ1v) is 11.0.